The van der Waals surface area contributed by atoms with E-state index in [9.17, 15) is 0 Å². The van der Waals surface area contributed by atoms with Gasteiger partial charge < -0.3 is 10.3 Å². The van der Waals surface area contributed by atoms with Gasteiger partial charge in [-0.05, 0) is 49.3 Å². The van der Waals surface area contributed by atoms with Crippen LogP contribution in [0, 0.1) is 0 Å². The highest BCUT2D eigenvalue weighted by Crippen LogP contribution is 2.21. The largest absolute Gasteiger partial charge is 0.330 e. The maximum atomic E-state index is 5.72. The van der Waals surface area contributed by atoms with Gasteiger partial charge in [0.2, 0.25) is 0 Å². The SMILES string of the molecule is CC(CN)c1ccc(Cn2cnc3c2CCCC3)cc1. The Balaban J connectivity index is 1.76. The van der Waals surface area contributed by atoms with Gasteiger partial charge in [0.05, 0.1) is 12.0 Å². The number of hydrogen-bond donors (Lipinski definition) is 1. The fourth-order valence-corrected chi connectivity index (χ4v) is 2.95. The number of fused-ring (bicyclic) bond motifs is 1. The second-order valence-electron chi connectivity index (χ2n) is 5.85. The topological polar surface area (TPSA) is 43.8 Å². The molecule has 2 aromatic rings. The van der Waals surface area contributed by atoms with Gasteiger partial charge in [-0.3, -0.25) is 0 Å². The van der Waals surface area contributed by atoms with Gasteiger partial charge in [-0.15, -0.1) is 0 Å². The first-order chi connectivity index (χ1) is 9.78. The molecule has 1 aromatic carbocycles. The quantitative estimate of drug-likeness (QED) is 0.927. The number of aromatic nitrogens is 2. The van der Waals surface area contributed by atoms with Crippen molar-refractivity contribution in [2.24, 2.45) is 5.73 Å². The zero-order chi connectivity index (χ0) is 13.9. The minimum atomic E-state index is 0.435. The second kappa shape index (κ2) is 5.80. The van der Waals surface area contributed by atoms with Gasteiger partial charge in [0.1, 0.15) is 0 Å². The molecule has 0 fully saturated rings. The van der Waals surface area contributed by atoms with Crippen LogP contribution in [0.4, 0.5) is 0 Å². The van der Waals surface area contributed by atoms with E-state index in [0.29, 0.717) is 12.5 Å². The zero-order valence-corrected chi connectivity index (χ0v) is 12.2. The first-order valence-electron chi connectivity index (χ1n) is 7.59. The highest BCUT2D eigenvalue weighted by Gasteiger charge is 2.15. The molecular formula is C17H23N3. The molecule has 1 aliphatic rings. The van der Waals surface area contributed by atoms with Crippen LogP contribution in [0.2, 0.25) is 0 Å². The molecule has 1 aromatic heterocycles. The van der Waals surface area contributed by atoms with E-state index in [0.717, 1.165) is 13.0 Å². The Bertz CT molecular complexity index is 568. The number of rotatable bonds is 4. The van der Waals surface area contributed by atoms with E-state index >= 15 is 0 Å². The summed E-state index contributed by atoms with van der Waals surface area (Å²) in [7, 11) is 0. The van der Waals surface area contributed by atoms with Crippen LogP contribution in [0.1, 0.15) is 48.2 Å². The van der Waals surface area contributed by atoms with Gasteiger partial charge in [0.15, 0.2) is 0 Å². The predicted molar refractivity (Wildman–Crippen MR) is 81.9 cm³/mol. The van der Waals surface area contributed by atoms with Crippen LogP contribution in [0.25, 0.3) is 0 Å². The first kappa shape index (κ1) is 13.4. The Kier molecular flexibility index (Phi) is 3.88. The van der Waals surface area contributed by atoms with Crippen molar-refractivity contribution in [1.82, 2.24) is 9.55 Å². The number of hydrogen-bond acceptors (Lipinski definition) is 2. The monoisotopic (exact) mass is 269 g/mol. The van der Waals surface area contributed by atoms with Gasteiger partial charge in [-0.2, -0.15) is 0 Å². The van der Waals surface area contributed by atoms with Crippen molar-refractivity contribution in [3.05, 3.63) is 53.1 Å². The summed E-state index contributed by atoms with van der Waals surface area (Å²) in [6.45, 7) is 3.80. The summed E-state index contributed by atoms with van der Waals surface area (Å²) >= 11 is 0. The summed E-state index contributed by atoms with van der Waals surface area (Å²) in [5.74, 6) is 0.435. The maximum absolute atomic E-state index is 5.72. The lowest BCUT2D eigenvalue weighted by Gasteiger charge is -2.14. The zero-order valence-electron chi connectivity index (χ0n) is 12.2. The van der Waals surface area contributed by atoms with E-state index in [4.69, 9.17) is 5.73 Å². The van der Waals surface area contributed by atoms with Gasteiger partial charge >= 0.3 is 0 Å². The predicted octanol–water partition coefficient (Wildman–Crippen LogP) is 2.87. The van der Waals surface area contributed by atoms with Gasteiger partial charge in [0.25, 0.3) is 0 Å². The van der Waals surface area contributed by atoms with Crippen LogP contribution in [-0.2, 0) is 19.4 Å². The number of nitrogens with two attached hydrogens (primary N) is 1. The number of imidazole rings is 1. The Morgan fingerprint density at radius 1 is 1.20 bits per heavy atom. The van der Waals surface area contributed by atoms with Crippen LogP contribution in [-0.4, -0.2) is 16.1 Å². The van der Waals surface area contributed by atoms with E-state index in [2.05, 4.69) is 40.7 Å². The third kappa shape index (κ3) is 2.63. The van der Waals surface area contributed by atoms with Gasteiger partial charge in [-0.25, -0.2) is 4.98 Å². The summed E-state index contributed by atoms with van der Waals surface area (Å²) in [4.78, 5) is 4.56. The highest BCUT2D eigenvalue weighted by molar-refractivity contribution is 5.26. The maximum Gasteiger partial charge on any atom is 0.0954 e. The molecule has 0 saturated carbocycles. The smallest absolute Gasteiger partial charge is 0.0954 e. The molecule has 0 amide bonds. The first-order valence-corrected chi connectivity index (χ1v) is 7.59. The summed E-state index contributed by atoms with van der Waals surface area (Å²) < 4.78 is 2.32. The summed E-state index contributed by atoms with van der Waals surface area (Å²) in [6.07, 6.45) is 6.92. The van der Waals surface area contributed by atoms with Crippen molar-refractivity contribution in [1.29, 1.82) is 0 Å². The van der Waals surface area contributed by atoms with Crippen molar-refractivity contribution in [2.45, 2.75) is 45.1 Å². The summed E-state index contributed by atoms with van der Waals surface area (Å²) in [6, 6.07) is 8.85. The third-order valence-corrected chi connectivity index (χ3v) is 4.37. The average molecular weight is 269 g/mol. The van der Waals surface area contributed by atoms with Crippen LogP contribution in [0.15, 0.2) is 30.6 Å². The molecule has 0 spiro atoms. The van der Waals surface area contributed by atoms with Gasteiger partial charge in [-0.1, -0.05) is 31.2 Å². The van der Waals surface area contributed by atoms with Crippen molar-refractivity contribution in [3.8, 4) is 0 Å². The number of aryl methyl sites for hydroxylation is 1. The Labute approximate surface area is 120 Å². The van der Waals surface area contributed by atoms with E-state index in [1.807, 2.05) is 6.33 Å². The highest BCUT2D eigenvalue weighted by atomic mass is 15.1. The van der Waals surface area contributed by atoms with E-state index in [1.165, 1.54) is 41.8 Å². The Morgan fingerprint density at radius 3 is 2.70 bits per heavy atom. The van der Waals surface area contributed by atoms with Crippen LogP contribution in [0.3, 0.4) is 0 Å². The lowest BCUT2D eigenvalue weighted by Crippen LogP contribution is -2.10. The summed E-state index contributed by atoms with van der Waals surface area (Å²) in [5.41, 5.74) is 11.1. The molecule has 0 saturated heterocycles. The van der Waals surface area contributed by atoms with Crippen LogP contribution < -0.4 is 5.73 Å². The second-order valence-corrected chi connectivity index (χ2v) is 5.85. The average Bonchev–Trinajstić information content (AvgIpc) is 2.91. The number of nitrogens with zero attached hydrogens (tertiary/aromatic N) is 2. The Morgan fingerprint density at radius 2 is 1.95 bits per heavy atom. The molecule has 20 heavy (non-hydrogen) atoms. The fourth-order valence-electron chi connectivity index (χ4n) is 2.95. The normalized spacial score (nSPS) is 15.9. The molecular weight excluding hydrogens is 246 g/mol. The van der Waals surface area contributed by atoms with Crippen molar-refractivity contribution < 1.29 is 0 Å². The fraction of sp³-hybridized carbons (Fsp3) is 0.471. The molecule has 2 N–H and O–H groups in total. The molecule has 3 heteroatoms. The van der Waals surface area contributed by atoms with E-state index in [1.54, 1.807) is 0 Å². The minimum absolute atomic E-state index is 0.435. The molecule has 0 radical (unpaired) electrons. The molecule has 3 nitrogen and oxygen atoms in total. The van der Waals surface area contributed by atoms with E-state index in [-0.39, 0.29) is 0 Å². The van der Waals surface area contributed by atoms with E-state index < -0.39 is 0 Å². The summed E-state index contributed by atoms with van der Waals surface area (Å²) in [5, 5.41) is 0. The van der Waals surface area contributed by atoms with Crippen LogP contribution in [0.5, 0.6) is 0 Å². The molecule has 0 aliphatic heterocycles. The van der Waals surface area contributed by atoms with Crippen molar-refractivity contribution >= 4 is 0 Å². The lowest BCUT2D eigenvalue weighted by atomic mass is 9.99. The minimum Gasteiger partial charge on any atom is -0.330 e. The van der Waals surface area contributed by atoms with Crippen molar-refractivity contribution in [3.63, 3.8) is 0 Å². The third-order valence-electron chi connectivity index (χ3n) is 4.37. The van der Waals surface area contributed by atoms with Gasteiger partial charge in [0, 0.05) is 12.2 Å². The lowest BCUT2D eigenvalue weighted by molar-refractivity contribution is 0.628. The molecule has 106 valence electrons. The molecule has 1 heterocycles. The van der Waals surface area contributed by atoms with Crippen molar-refractivity contribution in [2.75, 3.05) is 6.54 Å². The van der Waals surface area contributed by atoms with Crippen LogP contribution >= 0.6 is 0 Å². The standard InChI is InChI=1S/C17H23N3/c1-13(10-18)15-8-6-14(7-9-15)11-20-12-19-16-4-2-3-5-17(16)20/h6-9,12-13H,2-5,10-11,18H2,1H3. The molecule has 1 atom stereocenters. The molecule has 1 aliphatic carbocycles. The molecule has 0 bridgehead atoms. The number of benzene rings is 1. The Hall–Kier alpha value is -1.61. The molecule has 1 unspecified atom stereocenters. The molecule has 3 rings (SSSR count).